The molecule has 0 atom stereocenters. The van der Waals surface area contributed by atoms with Crippen LogP contribution in [0.25, 0.3) is 0 Å². The van der Waals surface area contributed by atoms with Crippen LogP contribution in [0.1, 0.15) is 90.4 Å². The molecule has 0 unspecified atom stereocenters. The third-order valence-corrected chi connectivity index (χ3v) is 6.04. The summed E-state index contributed by atoms with van der Waals surface area (Å²) < 4.78 is 0. The van der Waals surface area contributed by atoms with E-state index in [4.69, 9.17) is 5.26 Å². The fourth-order valence-electron chi connectivity index (χ4n) is 4.33. The van der Waals surface area contributed by atoms with Gasteiger partial charge in [0.2, 0.25) is 0 Å². The summed E-state index contributed by atoms with van der Waals surface area (Å²) in [5.41, 5.74) is 0. The van der Waals surface area contributed by atoms with Crippen molar-refractivity contribution >= 4 is 0 Å². The molecule has 0 bridgehead atoms. The minimum Gasteiger partial charge on any atom is -0.198 e. The van der Waals surface area contributed by atoms with Crippen molar-refractivity contribution in [2.75, 3.05) is 0 Å². The minimum absolute atomic E-state index is 0.367. The zero-order valence-corrected chi connectivity index (χ0v) is 14.6. The van der Waals surface area contributed by atoms with Crippen LogP contribution in [-0.4, -0.2) is 0 Å². The fraction of sp³-hybridized carbons (Fsp3) is 0.857. The van der Waals surface area contributed by atoms with Gasteiger partial charge in [0.05, 0.1) is 6.07 Å². The van der Waals surface area contributed by atoms with Crippen molar-refractivity contribution in [3.8, 4) is 6.07 Å². The summed E-state index contributed by atoms with van der Waals surface area (Å²) in [6.45, 7) is 2.27. The van der Waals surface area contributed by atoms with Crippen LogP contribution < -0.4 is 0 Å². The Bertz CT molecular complexity index is 349. The molecular formula is C21H35N. The third-order valence-electron chi connectivity index (χ3n) is 6.04. The van der Waals surface area contributed by atoms with Gasteiger partial charge >= 0.3 is 0 Å². The highest BCUT2D eigenvalue weighted by Crippen LogP contribution is 2.36. The Kier molecular flexibility index (Phi) is 8.06. The van der Waals surface area contributed by atoms with Gasteiger partial charge in [-0.3, -0.25) is 0 Å². The smallest absolute Gasteiger partial charge is 0.0655 e. The van der Waals surface area contributed by atoms with Gasteiger partial charge < -0.3 is 0 Å². The fourth-order valence-corrected chi connectivity index (χ4v) is 4.33. The van der Waals surface area contributed by atoms with Crippen molar-refractivity contribution in [3.05, 3.63) is 12.2 Å². The largest absolute Gasteiger partial charge is 0.198 e. The Morgan fingerprint density at radius 3 is 2.05 bits per heavy atom. The van der Waals surface area contributed by atoms with Gasteiger partial charge in [-0.25, -0.2) is 0 Å². The molecule has 1 nitrogen and oxygen atoms in total. The molecule has 2 aliphatic carbocycles. The second-order valence-corrected chi connectivity index (χ2v) is 7.78. The van der Waals surface area contributed by atoms with Crippen molar-refractivity contribution in [2.24, 2.45) is 23.7 Å². The van der Waals surface area contributed by atoms with Crippen LogP contribution in [0.4, 0.5) is 0 Å². The molecular weight excluding hydrogens is 266 g/mol. The lowest BCUT2D eigenvalue weighted by Crippen LogP contribution is -2.17. The van der Waals surface area contributed by atoms with Gasteiger partial charge in [0, 0.05) is 5.92 Å². The zero-order valence-electron chi connectivity index (χ0n) is 14.6. The lowest BCUT2D eigenvalue weighted by Gasteiger charge is -2.30. The molecule has 0 spiro atoms. The summed E-state index contributed by atoms with van der Waals surface area (Å²) in [6, 6.07) is 2.45. The molecule has 1 heteroatoms. The first-order valence-corrected chi connectivity index (χ1v) is 9.88. The number of allylic oxidation sites excluding steroid dienone is 2. The molecule has 0 radical (unpaired) electrons. The molecule has 0 amide bonds. The van der Waals surface area contributed by atoms with Gasteiger partial charge in [-0.15, -0.1) is 0 Å². The third kappa shape index (κ3) is 6.15. The number of rotatable bonds is 7. The minimum atomic E-state index is 0.367. The van der Waals surface area contributed by atoms with Crippen LogP contribution in [0.3, 0.4) is 0 Å². The molecule has 0 saturated heterocycles. The molecule has 0 aromatic heterocycles. The Balaban J connectivity index is 1.56. The van der Waals surface area contributed by atoms with Gasteiger partial charge in [-0.1, -0.05) is 44.8 Å². The molecule has 124 valence electrons. The van der Waals surface area contributed by atoms with E-state index in [1.54, 1.807) is 0 Å². The predicted octanol–water partition coefficient (Wildman–Crippen LogP) is 6.65. The van der Waals surface area contributed by atoms with Gasteiger partial charge in [0.1, 0.15) is 0 Å². The average Bonchev–Trinajstić information content (AvgIpc) is 2.58. The molecule has 2 saturated carbocycles. The second kappa shape index (κ2) is 10.1. The van der Waals surface area contributed by atoms with Crippen LogP contribution in [0.15, 0.2) is 12.2 Å². The maximum atomic E-state index is 8.97. The van der Waals surface area contributed by atoms with Crippen LogP contribution >= 0.6 is 0 Å². The zero-order chi connectivity index (χ0) is 15.6. The number of hydrogen-bond donors (Lipinski definition) is 0. The highest BCUT2D eigenvalue weighted by atomic mass is 14.3. The van der Waals surface area contributed by atoms with E-state index in [0.717, 1.165) is 30.6 Å². The van der Waals surface area contributed by atoms with E-state index in [-0.39, 0.29) is 0 Å². The van der Waals surface area contributed by atoms with Gasteiger partial charge in [-0.05, 0) is 75.5 Å². The van der Waals surface area contributed by atoms with E-state index in [1.807, 2.05) is 0 Å². The number of nitrogens with zero attached hydrogens (tertiary/aromatic N) is 1. The van der Waals surface area contributed by atoms with Crippen molar-refractivity contribution in [1.82, 2.24) is 0 Å². The lowest BCUT2D eigenvalue weighted by atomic mass is 9.76. The summed E-state index contributed by atoms with van der Waals surface area (Å²) >= 11 is 0. The van der Waals surface area contributed by atoms with Crippen molar-refractivity contribution < 1.29 is 0 Å². The van der Waals surface area contributed by atoms with Gasteiger partial charge in [0.15, 0.2) is 0 Å². The highest BCUT2D eigenvalue weighted by molar-refractivity contribution is 4.91. The molecule has 0 aromatic rings. The summed E-state index contributed by atoms with van der Waals surface area (Å²) in [6.07, 6.45) is 22.5. The van der Waals surface area contributed by atoms with Crippen LogP contribution in [0.2, 0.25) is 0 Å². The normalized spacial score (nSPS) is 32.9. The van der Waals surface area contributed by atoms with E-state index in [9.17, 15) is 0 Å². The molecule has 0 aliphatic heterocycles. The Labute approximate surface area is 138 Å². The van der Waals surface area contributed by atoms with Crippen molar-refractivity contribution in [3.63, 3.8) is 0 Å². The van der Waals surface area contributed by atoms with Gasteiger partial charge in [0.25, 0.3) is 0 Å². The predicted molar refractivity (Wildman–Crippen MR) is 94.4 cm³/mol. The number of hydrogen-bond acceptors (Lipinski definition) is 1. The summed E-state index contributed by atoms with van der Waals surface area (Å²) in [4.78, 5) is 0. The van der Waals surface area contributed by atoms with Crippen LogP contribution in [-0.2, 0) is 0 Å². The first kappa shape index (κ1) is 17.6. The molecule has 22 heavy (non-hydrogen) atoms. The van der Waals surface area contributed by atoms with E-state index in [0.29, 0.717) is 5.92 Å². The van der Waals surface area contributed by atoms with Crippen LogP contribution in [0, 0.1) is 35.0 Å². The first-order valence-electron chi connectivity index (χ1n) is 9.88. The Morgan fingerprint density at radius 2 is 1.50 bits per heavy atom. The molecule has 0 heterocycles. The molecule has 2 fully saturated rings. The van der Waals surface area contributed by atoms with Crippen molar-refractivity contribution in [1.29, 1.82) is 5.26 Å². The average molecular weight is 302 g/mol. The maximum Gasteiger partial charge on any atom is 0.0655 e. The Hall–Kier alpha value is -0.770. The molecule has 2 aliphatic rings. The summed E-state index contributed by atoms with van der Waals surface area (Å²) in [5.74, 6) is 3.16. The lowest BCUT2D eigenvalue weighted by molar-refractivity contribution is 0.242. The van der Waals surface area contributed by atoms with E-state index >= 15 is 0 Å². The molecule has 0 N–H and O–H groups in total. The standard InChI is InChI=1S/C21H35N/c1-2-3-4-5-6-18-7-9-19(10-8-18)11-12-20-13-15-21(17-22)16-14-20/h5-6,18-21H,2-4,7-16H2,1H3/t18-,19-,20-,21-. The first-order chi connectivity index (χ1) is 10.8. The topological polar surface area (TPSA) is 23.8 Å². The van der Waals surface area contributed by atoms with E-state index < -0.39 is 0 Å². The summed E-state index contributed by atoms with van der Waals surface area (Å²) in [7, 11) is 0. The maximum absolute atomic E-state index is 8.97. The molecule has 2 rings (SSSR count). The second-order valence-electron chi connectivity index (χ2n) is 7.78. The number of unbranched alkanes of at least 4 members (excludes halogenated alkanes) is 2. The van der Waals surface area contributed by atoms with Gasteiger partial charge in [-0.2, -0.15) is 5.26 Å². The molecule has 0 aromatic carbocycles. The summed E-state index contributed by atoms with van der Waals surface area (Å²) in [5, 5.41) is 8.97. The van der Waals surface area contributed by atoms with Crippen LogP contribution in [0.5, 0.6) is 0 Å². The quantitative estimate of drug-likeness (QED) is 0.381. The Morgan fingerprint density at radius 1 is 0.909 bits per heavy atom. The monoisotopic (exact) mass is 301 g/mol. The SMILES string of the molecule is CCCCC=C[C@H]1CC[C@H](CC[C@H]2CC[C@H](C#N)CC2)CC1. The van der Waals surface area contributed by atoms with Crippen molar-refractivity contribution in [2.45, 2.75) is 90.4 Å². The van der Waals surface area contributed by atoms with E-state index in [1.165, 1.54) is 70.6 Å². The highest BCUT2D eigenvalue weighted by Gasteiger charge is 2.23. The van der Waals surface area contributed by atoms with E-state index in [2.05, 4.69) is 25.1 Å². The number of nitriles is 1.